The molecule has 30 heavy (non-hydrogen) atoms. The van der Waals surface area contributed by atoms with Crippen LogP contribution in [0.5, 0.6) is 0 Å². The van der Waals surface area contributed by atoms with Crippen molar-refractivity contribution < 1.29 is 9.59 Å². The second-order valence-corrected chi connectivity index (χ2v) is 6.99. The molecule has 0 aromatic heterocycles. The van der Waals surface area contributed by atoms with Crippen LogP contribution in [0.4, 0.5) is 16.2 Å². The third-order valence-corrected chi connectivity index (χ3v) is 4.83. The van der Waals surface area contributed by atoms with Crippen molar-refractivity contribution in [2.75, 3.05) is 10.6 Å². The number of amides is 2. The van der Waals surface area contributed by atoms with E-state index in [1.54, 1.807) is 18.3 Å². The van der Waals surface area contributed by atoms with Crippen molar-refractivity contribution in [3.8, 4) is 0 Å². The standard InChI is InChI=1S/C25H21N3O2/c29-24-22(14-15-26-23(24)16-18-8-3-1-4-9-18)19-10-7-13-21(17-19)28-25(30)27-20-11-5-2-6-12-20/h1-15,17,22H,16H2,(H2,27,28,30). The van der Waals surface area contributed by atoms with E-state index < -0.39 is 5.92 Å². The number of anilines is 2. The van der Waals surface area contributed by atoms with Gasteiger partial charge in [0.25, 0.3) is 0 Å². The number of rotatable bonds is 5. The predicted molar refractivity (Wildman–Crippen MR) is 120 cm³/mol. The maximum atomic E-state index is 13.0. The highest BCUT2D eigenvalue weighted by Gasteiger charge is 2.25. The Morgan fingerprint density at radius 3 is 2.27 bits per heavy atom. The molecule has 1 aliphatic rings. The second kappa shape index (κ2) is 9.01. The van der Waals surface area contributed by atoms with Gasteiger partial charge in [0, 0.05) is 24.0 Å². The fourth-order valence-electron chi connectivity index (χ4n) is 3.36. The Bertz CT molecular complexity index is 1110. The van der Waals surface area contributed by atoms with Crippen LogP contribution in [0.3, 0.4) is 0 Å². The summed E-state index contributed by atoms with van der Waals surface area (Å²) in [5.74, 6) is -0.438. The van der Waals surface area contributed by atoms with Crippen LogP contribution in [0.2, 0.25) is 0 Å². The van der Waals surface area contributed by atoms with Gasteiger partial charge < -0.3 is 10.6 Å². The largest absolute Gasteiger partial charge is 0.323 e. The minimum absolute atomic E-state index is 0.0211. The van der Waals surface area contributed by atoms with Crippen LogP contribution < -0.4 is 10.6 Å². The molecule has 2 N–H and O–H groups in total. The van der Waals surface area contributed by atoms with Crippen molar-refractivity contribution in [2.24, 2.45) is 4.99 Å². The van der Waals surface area contributed by atoms with Crippen LogP contribution in [-0.2, 0) is 11.2 Å². The van der Waals surface area contributed by atoms with Crippen LogP contribution in [0.15, 0.2) is 102 Å². The molecule has 0 saturated carbocycles. The number of nitrogens with zero attached hydrogens (tertiary/aromatic N) is 1. The first kappa shape index (κ1) is 19.3. The Balaban J connectivity index is 1.45. The van der Waals surface area contributed by atoms with Crippen molar-refractivity contribution in [2.45, 2.75) is 12.3 Å². The first-order valence-electron chi connectivity index (χ1n) is 9.73. The minimum atomic E-state index is -0.417. The van der Waals surface area contributed by atoms with Gasteiger partial charge in [-0.15, -0.1) is 0 Å². The summed E-state index contributed by atoms with van der Waals surface area (Å²) in [5, 5.41) is 5.60. The molecule has 1 unspecified atom stereocenters. The van der Waals surface area contributed by atoms with E-state index in [1.165, 1.54) is 0 Å². The number of hydrogen-bond donors (Lipinski definition) is 2. The number of aliphatic imine (C=N–C) groups is 1. The van der Waals surface area contributed by atoms with Crippen molar-refractivity contribution in [1.82, 2.24) is 0 Å². The molecule has 0 saturated heterocycles. The number of Topliss-reactive ketones (excluding diaryl/α,β-unsaturated/α-hetero) is 1. The lowest BCUT2D eigenvalue weighted by molar-refractivity contribution is -0.113. The van der Waals surface area contributed by atoms with E-state index in [1.807, 2.05) is 78.9 Å². The molecule has 1 aliphatic heterocycles. The van der Waals surface area contributed by atoms with Crippen LogP contribution >= 0.6 is 0 Å². The lowest BCUT2D eigenvalue weighted by atomic mass is 9.88. The number of ketones is 1. The monoisotopic (exact) mass is 395 g/mol. The number of carbonyl (C=O) groups excluding carboxylic acids is 2. The summed E-state index contributed by atoms with van der Waals surface area (Å²) in [6, 6.07) is 26.0. The molecule has 5 heteroatoms. The van der Waals surface area contributed by atoms with Gasteiger partial charge in [-0.25, -0.2) is 4.79 Å². The van der Waals surface area contributed by atoms with Crippen LogP contribution in [0.1, 0.15) is 17.0 Å². The molecule has 0 spiro atoms. The molecule has 1 heterocycles. The Labute approximate surface area is 175 Å². The van der Waals surface area contributed by atoms with Gasteiger partial charge in [0.2, 0.25) is 0 Å². The summed E-state index contributed by atoms with van der Waals surface area (Å²) in [6.45, 7) is 0. The lowest BCUT2D eigenvalue weighted by Gasteiger charge is -2.18. The summed E-state index contributed by atoms with van der Waals surface area (Å²) in [6.07, 6.45) is 3.98. The van der Waals surface area contributed by atoms with Gasteiger partial charge in [-0.1, -0.05) is 66.7 Å². The predicted octanol–water partition coefficient (Wildman–Crippen LogP) is 5.19. The molecular formula is C25H21N3O2. The van der Waals surface area contributed by atoms with E-state index in [-0.39, 0.29) is 11.8 Å². The Hall–Kier alpha value is -3.99. The maximum absolute atomic E-state index is 13.0. The molecule has 0 bridgehead atoms. The van der Waals surface area contributed by atoms with E-state index in [4.69, 9.17) is 0 Å². The molecule has 5 nitrogen and oxygen atoms in total. The van der Waals surface area contributed by atoms with Crippen molar-refractivity contribution in [1.29, 1.82) is 0 Å². The van der Waals surface area contributed by atoms with Gasteiger partial charge >= 0.3 is 6.03 Å². The third-order valence-electron chi connectivity index (χ3n) is 4.83. The smallest absolute Gasteiger partial charge is 0.308 e. The summed E-state index contributed by atoms with van der Waals surface area (Å²) in [5.41, 5.74) is 3.72. The normalized spacial score (nSPS) is 15.4. The zero-order chi connectivity index (χ0) is 20.8. The van der Waals surface area contributed by atoms with E-state index in [9.17, 15) is 9.59 Å². The highest BCUT2D eigenvalue weighted by molar-refractivity contribution is 6.43. The fraction of sp³-hybridized carbons (Fsp3) is 0.0800. The summed E-state index contributed by atoms with van der Waals surface area (Å²) < 4.78 is 0. The quantitative estimate of drug-likeness (QED) is 0.624. The average molecular weight is 395 g/mol. The molecular weight excluding hydrogens is 374 g/mol. The summed E-state index contributed by atoms with van der Waals surface area (Å²) in [7, 11) is 0. The maximum Gasteiger partial charge on any atom is 0.323 e. The molecule has 1 atom stereocenters. The lowest BCUT2D eigenvalue weighted by Crippen LogP contribution is -2.25. The molecule has 0 aliphatic carbocycles. The zero-order valence-corrected chi connectivity index (χ0v) is 16.3. The minimum Gasteiger partial charge on any atom is -0.308 e. The molecule has 2 amide bonds. The van der Waals surface area contributed by atoms with Crippen molar-refractivity contribution >= 4 is 28.9 Å². The number of para-hydroxylation sites is 1. The van der Waals surface area contributed by atoms with E-state index in [2.05, 4.69) is 15.6 Å². The van der Waals surface area contributed by atoms with E-state index in [0.29, 0.717) is 23.5 Å². The van der Waals surface area contributed by atoms with E-state index >= 15 is 0 Å². The first-order chi connectivity index (χ1) is 14.7. The Morgan fingerprint density at radius 2 is 1.50 bits per heavy atom. The number of nitrogens with one attached hydrogen (secondary N) is 2. The van der Waals surface area contributed by atoms with Gasteiger partial charge in [0.15, 0.2) is 5.78 Å². The highest BCUT2D eigenvalue weighted by Crippen LogP contribution is 2.25. The van der Waals surface area contributed by atoms with Crippen molar-refractivity contribution in [3.63, 3.8) is 0 Å². The Morgan fingerprint density at radius 1 is 0.833 bits per heavy atom. The van der Waals surface area contributed by atoms with Gasteiger partial charge in [0.1, 0.15) is 0 Å². The number of urea groups is 1. The van der Waals surface area contributed by atoms with Crippen LogP contribution in [0, 0.1) is 0 Å². The number of hydrogen-bond acceptors (Lipinski definition) is 3. The zero-order valence-electron chi connectivity index (χ0n) is 16.3. The van der Waals surface area contributed by atoms with Crippen LogP contribution in [-0.4, -0.2) is 17.5 Å². The fourth-order valence-corrected chi connectivity index (χ4v) is 3.36. The SMILES string of the molecule is O=C(Nc1ccccc1)Nc1cccc(C2C=CN=C(Cc3ccccc3)C2=O)c1. The van der Waals surface area contributed by atoms with Gasteiger partial charge in [0.05, 0.1) is 11.6 Å². The average Bonchev–Trinajstić information content (AvgIpc) is 2.77. The van der Waals surface area contributed by atoms with Crippen LogP contribution in [0.25, 0.3) is 0 Å². The Kier molecular flexibility index (Phi) is 5.80. The molecule has 148 valence electrons. The number of benzene rings is 3. The summed E-state index contributed by atoms with van der Waals surface area (Å²) in [4.78, 5) is 29.6. The molecule has 3 aromatic rings. The highest BCUT2D eigenvalue weighted by atomic mass is 16.2. The van der Waals surface area contributed by atoms with Gasteiger partial charge in [-0.2, -0.15) is 0 Å². The molecule has 0 fully saturated rings. The van der Waals surface area contributed by atoms with E-state index in [0.717, 1.165) is 11.1 Å². The second-order valence-electron chi connectivity index (χ2n) is 6.99. The first-order valence-corrected chi connectivity index (χ1v) is 9.73. The van der Waals surface area contributed by atoms with Gasteiger partial charge in [-0.05, 0) is 35.4 Å². The molecule has 3 aromatic carbocycles. The molecule has 0 radical (unpaired) electrons. The third kappa shape index (κ3) is 4.70. The number of allylic oxidation sites excluding steroid dienone is 1. The summed E-state index contributed by atoms with van der Waals surface area (Å²) >= 11 is 0. The van der Waals surface area contributed by atoms with Crippen molar-refractivity contribution in [3.05, 3.63) is 108 Å². The topological polar surface area (TPSA) is 70.6 Å². The van der Waals surface area contributed by atoms with Gasteiger partial charge in [-0.3, -0.25) is 9.79 Å². The number of carbonyl (C=O) groups is 2. The molecule has 4 rings (SSSR count).